The van der Waals surface area contributed by atoms with Gasteiger partial charge in [0.15, 0.2) is 0 Å². The standard InChI is InChI=1S/C27H33N3O7S/c1-3-35-23-8-5-4-7-22(23)25-29-28-24(37-25)9-6-16-36-20-10-12-21(13-11-20)38(19(2)31)27(26(32)30-33)14-17-34-18-15-27/h4-5,7-8,10-13,31,33H,3,6,9,14-18H2,1-2H3,(H,30,32). The molecule has 0 aliphatic carbocycles. The van der Waals surface area contributed by atoms with Crippen molar-refractivity contribution in [2.75, 3.05) is 26.4 Å². The summed E-state index contributed by atoms with van der Waals surface area (Å²) in [5.41, 5.74) is 2.56. The van der Waals surface area contributed by atoms with Crippen molar-refractivity contribution < 1.29 is 33.7 Å². The Balaban J connectivity index is 1.36. The lowest BCUT2D eigenvalue weighted by molar-refractivity contribution is -0.134. The van der Waals surface area contributed by atoms with Crippen LogP contribution in [-0.4, -0.2) is 62.6 Å². The van der Waals surface area contributed by atoms with Gasteiger partial charge >= 0.3 is 0 Å². The maximum absolute atomic E-state index is 12.7. The molecule has 0 spiro atoms. The molecule has 204 valence electrons. The second-order valence-corrected chi connectivity index (χ2v) is 11.2. The molecule has 1 aromatic heterocycles. The molecule has 1 unspecified atom stereocenters. The molecule has 1 fully saturated rings. The van der Waals surface area contributed by atoms with Gasteiger partial charge in [0.2, 0.25) is 5.89 Å². The highest BCUT2D eigenvalue weighted by molar-refractivity contribution is 8.17. The van der Waals surface area contributed by atoms with Crippen molar-refractivity contribution in [1.29, 1.82) is 0 Å². The maximum Gasteiger partial charge on any atom is 0.259 e. The van der Waals surface area contributed by atoms with Gasteiger partial charge in [-0.15, -0.1) is 20.7 Å². The van der Waals surface area contributed by atoms with Crippen LogP contribution in [-0.2, 0) is 16.0 Å². The van der Waals surface area contributed by atoms with Crippen LogP contribution in [0.25, 0.3) is 11.5 Å². The van der Waals surface area contributed by atoms with Crippen molar-refractivity contribution in [1.82, 2.24) is 15.7 Å². The number of aryl methyl sites for hydroxylation is 1. The van der Waals surface area contributed by atoms with Gasteiger partial charge in [0, 0.05) is 24.5 Å². The summed E-state index contributed by atoms with van der Waals surface area (Å²) in [6, 6.07) is 14.9. The molecule has 0 saturated carbocycles. The Kier molecular flexibility index (Phi) is 9.51. The summed E-state index contributed by atoms with van der Waals surface area (Å²) in [6.07, 6.45) is 2.02. The second-order valence-electron chi connectivity index (χ2n) is 8.73. The molecule has 1 aliphatic heterocycles. The lowest BCUT2D eigenvalue weighted by Crippen LogP contribution is -2.48. The Morgan fingerprint density at radius 2 is 1.84 bits per heavy atom. The number of hydroxylamine groups is 1. The number of hydrogen-bond acceptors (Lipinski definition) is 8. The lowest BCUT2D eigenvalue weighted by atomic mass is 9.98. The molecule has 2 heterocycles. The van der Waals surface area contributed by atoms with E-state index < -0.39 is 21.1 Å². The zero-order chi connectivity index (χ0) is 27.0. The molecule has 1 amide bonds. The third-order valence-electron chi connectivity index (χ3n) is 6.25. The summed E-state index contributed by atoms with van der Waals surface area (Å²) in [6.45, 7) is 5.26. The SMILES string of the molecule is CCOc1ccccc1-c1nnc(CCCOc2ccc(S(=C(C)O)C3(C(=O)NO)CCOCC3)cc2)o1. The molecule has 3 N–H and O–H groups in total. The van der Waals surface area contributed by atoms with Crippen molar-refractivity contribution in [2.45, 2.75) is 49.2 Å². The summed E-state index contributed by atoms with van der Waals surface area (Å²) >= 11 is 0. The van der Waals surface area contributed by atoms with Gasteiger partial charge < -0.3 is 23.7 Å². The van der Waals surface area contributed by atoms with Gasteiger partial charge in [0.05, 0.1) is 23.8 Å². The Morgan fingerprint density at radius 3 is 2.53 bits per heavy atom. The van der Waals surface area contributed by atoms with E-state index in [-0.39, 0.29) is 5.05 Å². The first-order valence-corrected chi connectivity index (χ1v) is 13.8. The van der Waals surface area contributed by atoms with Crippen molar-refractivity contribution in [3.63, 3.8) is 0 Å². The highest BCUT2D eigenvalue weighted by Gasteiger charge is 2.44. The average molecular weight is 544 g/mol. The van der Waals surface area contributed by atoms with Gasteiger partial charge in [0.1, 0.15) is 16.2 Å². The molecular formula is C27H33N3O7S. The second kappa shape index (κ2) is 13.0. The van der Waals surface area contributed by atoms with Crippen LogP contribution in [0.1, 0.15) is 39.0 Å². The summed E-state index contributed by atoms with van der Waals surface area (Å²) in [4.78, 5) is 13.5. The van der Waals surface area contributed by atoms with Crippen LogP contribution in [0.15, 0.2) is 57.8 Å². The zero-order valence-corrected chi connectivity index (χ0v) is 22.3. The van der Waals surface area contributed by atoms with Crippen LogP contribution in [0.4, 0.5) is 0 Å². The molecule has 0 radical (unpaired) electrons. The third kappa shape index (κ3) is 6.24. The van der Waals surface area contributed by atoms with E-state index in [4.69, 9.17) is 18.6 Å². The van der Waals surface area contributed by atoms with E-state index in [1.165, 1.54) is 0 Å². The normalized spacial score (nSPS) is 15.9. The third-order valence-corrected chi connectivity index (χ3v) is 8.96. The van der Waals surface area contributed by atoms with Gasteiger partial charge in [-0.2, -0.15) is 0 Å². The van der Waals surface area contributed by atoms with Crippen molar-refractivity contribution in [2.24, 2.45) is 0 Å². The van der Waals surface area contributed by atoms with E-state index in [2.05, 4.69) is 10.2 Å². The number of nitrogens with one attached hydrogen (secondary N) is 1. The number of nitrogens with zero attached hydrogens (tertiary/aromatic N) is 2. The van der Waals surface area contributed by atoms with Gasteiger partial charge in [-0.1, -0.05) is 12.1 Å². The Bertz CT molecular complexity index is 1250. The summed E-state index contributed by atoms with van der Waals surface area (Å²) in [5.74, 6) is 1.80. The molecule has 11 heteroatoms. The lowest BCUT2D eigenvalue weighted by Gasteiger charge is -2.38. The number of aliphatic hydroxyl groups is 1. The fraction of sp³-hybridized carbons (Fsp3) is 0.407. The number of carbonyl (C=O) groups excluding carboxylic acids is 1. The Morgan fingerprint density at radius 1 is 1.11 bits per heavy atom. The molecular weight excluding hydrogens is 510 g/mol. The number of carbonyl (C=O) groups is 1. The molecule has 10 nitrogen and oxygen atoms in total. The smallest absolute Gasteiger partial charge is 0.259 e. The molecule has 4 rings (SSSR count). The Labute approximate surface area is 223 Å². The highest BCUT2D eigenvalue weighted by Crippen LogP contribution is 2.48. The number of rotatable bonds is 11. The number of aliphatic hydroxyl groups excluding tert-OH is 1. The predicted octanol–water partition coefficient (Wildman–Crippen LogP) is 4.54. The molecule has 2 aromatic carbocycles. The van der Waals surface area contributed by atoms with E-state index in [9.17, 15) is 15.1 Å². The number of aromatic nitrogens is 2. The first kappa shape index (κ1) is 27.8. The van der Waals surface area contributed by atoms with Crippen LogP contribution in [0, 0.1) is 0 Å². The van der Waals surface area contributed by atoms with Crippen molar-refractivity contribution >= 4 is 21.4 Å². The van der Waals surface area contributed by atoms with Crippen LogP contribution >= 0.6 is 10.5 Å². The van der Waals surface area contributed by atoms with Crippen LogP contribution in [0.3, 0.4) is 0 Å². The molecule has 38 heavy (non-hydrogen) atoms. The fourth-order valence-corrected chi connectivity index (χ4v) is 7.05. The summed E-state index contributed by atoms with van der Waals surface area (Å²) in [7, 11) is -0.944. The quantitative estimate of drug-likeness (QED) is 0.138. The molecule has 1 aliphatic rings. The van der Waals surface area contributed by atoms with Gasteiger partial charge in [-0.3, -0.25) is 10.0 Å². The van der Waals surface area contributed by atoms with Crippen LogP contribution in [0.2, 0.25) is 0 Å². The number of para-hydroxylation sites is 1. The van der Waals surface area contributed by atoms with Crippen LogP contribution in [0.5, 0.6) is 11.5 Å². The number of ether oxygens (including phenoxy) is 3. The largest absolute Gasteiger partial charge is 0.494 e. The number of benzene rings is 2. The number of amides is 1. The molecule has 1 atom stereocenters. The van der Waals surface area contributed by atoms with Gasteiger partial charge in [0.25, 0.3) is 11.8 Å². The first-order valence-electron chi connectivity index (χ1n) is 12.5. The average Bonchev–Trinajstić information content (AvgIpc) is 3.41. The van der Waals surface area contributed by atoms with E-state index in [0.717, 1.165) is 10.5 Å². The van der Waals surface area contributed by atoms with E-state index >= 15 is 0 Å². The topological polar surface area (TPSA) is 136 Å². The van der Waals surface area contributed by atoms with E-state index in [1.807, 2.05) is 55.5 Å². The first-order chi connectivity index (χ1) is 18.5. The van der Waals surface area contributed by atoms with Crippen LogP contribution < -0.4 is 15.0 Å². The molecule has 0 bridgehead atoms. The minimum Gasteiger partial charge on any atom is -0.494 e. The molecule has 1 saturated heterocycles. The fourth-order valence-electron chi connectivity index (χ4n) is 4.48. The maximum atomic E-state index is 12.7. The van der Waals surface area contributed by atoms with E-state index in [1.54, 1.807) is 12.4 Å². The monoisotopic (exact) mass is 543 g/mol. The minimum absolute atomic E-state index is 0.131. The molecule has 3 aromatic rings. The number of hydrogen-bond donors (Lipinski definition) is 3. The minimum atomic E-state index is -0.972. The van der Waals surface area contributed by atoms with Gasteiger partial charge in [-0.25, -0.2) is 5.48 Å². The Hall–Kier alpha value is -3.25. The summed E-state index contributed by atoms with van der Waals surface area (Å²) in [5, 5.41) is 28.4. The van der Waals surface area contributed by atoms with Gasteiger partial charge in [-0.05, 0) is 69.5 Å². The van der Waals surface area contributed by atoms with E-state index in [0.29, 0.717) is 75.4 Å². The zero-order valence-electron chi connectivity index (χ0n) is 21.5. The van der Waals surface area contributed by atoms with Crippen molar-refractivity contribution in [3.05, 3.63) is 54.4 Å². The highest BCUT2D eigenvalue weighted by atomic mass is 32.2. The predicted molar refractivity (Wildman–Crippen MR) is 143 cm³/mol. The summed E-state index contributed by atoms with van der Waals surface area (Å²) < 4.78 is 21.8. The van der Waals surface area contributed by atoms with Crippen molar-refractivity contribution in [3.8, 4) is 23.0 Å².